The van der Waals surface area contributed by atoms with Gasteiger partial charge in [-0.2, -0.15) is 8.78 Å². The monoisotopic (exact) mass is 368 g/mol. The SMILES string of the molecule is O=C(c1ccc(OC(F)F)cc1)N1CCCC(C(=O)N2CCOCC2)C1. The molecule has 3 rings (SSSR count). The quantitative estimate of drug-likeness (QED) is 0.816. The topological polar surface area (TPSA) is 59.1 Å². The lowest BCUT2D eigenvalue weighted by Crippen LogP contribution is -2.49. The molecule has 2 fully saturated rings. The summed E-state index contributed by atoms with van der Waals surface area (Å²) in [5, 5.41) is 0. The first-order chi connectivity index (χ1) is 12.5. The smallest absolute Gasteiger partial charge is 0.387 e. The van der Waals surface area contributed by atoms with Crippen LogP contribution in [0.3, 0.4) is 0 Å². The number of benzene rings is 1. The molecule has 0 N–H and O–H groups in total. The van der Waals surface area contributed by atoms with Crippen molar-refractivity contribution in [2.75, 3.05) is 39.4 Å². The highest BCUT2D eigenvalue weighted by molar-refractivity contribution is 5.94. The normalized spacial score (nSPS) is 21.0. The van der Waals surface area contributed by atoms with E-state index in [-0.39, 0.29) is 23.5 Å². The second-order valence-corrected chi connectivity index (χ2v) is 6.43. The van der Waals surface area contributed by atoms with Crippen molar-refractivity contribution in [3.63, 3.8) is 0 Å². The largest absolute Gasteiger partial charge is 0.435 e. The van der Waals surface area contributed by atoms with Gasteiger partial charge in [0.25, 0.3) is 5.91 Å². The predicted octanol–water partition coefficient (Wildman–Crippen LogP) is 2.00. The van der Waals surface area contributed by atoms with E-state index in [2.05, 4.69) is 4.74 Å². The third-order valence-electron chi connectivity index (χ3n) is 4.71. The molecule has 2 saturated heterocycles. The van der Waals surface area contributed by atoms with Crippen LogP contribution in [0.25, 0.3) is 0 Å². The van der Waals surface area contributed by atoms with Crippen molar-refractivity contribution < 1.29 is 27.8 Å². The van der Waals surface area contributed by atoms with Gasteiger partial charge in [-0.15, -0.1) is 0 Å². The summed E-state index contributed by atoms with van der Waals surface area (Å²) in [7, 11) is 0. The van der Waals surface area contributed by atoms with Gasteiger partial charge in [0, 0.05) is 31.7 Å². The summed E-state index contributed by atoms with van der Waals surface area (Å²) in [6.45, 7) is 0.350. The Labute approximate surface area is 150 Å². The molecule has 0 bridgehead atoms. The average molecular weight is 368 g/mol. The Morgan fingerprint density at radius 1 is 1.08 bits per heavy atom. The van der Waals surface area contributed by atoms with Gasteiger partial charge < -0.3 is 19.3 Å². The number of alkyl halides is 2. The van der Waals surface area contributed by atoms with Gasteiger partial charge in [-0.25, -0.2) is 0 Å². The van der Waals surface area contributed by atoms with Crippen LogP contribution >= 0.6 is 0 Å². The van der Waals surface area contributed by atoms with Crippen LogP contribution in [0.15, 0.2) is 24.3 Å². The molecule has 8 heteroatoms. The number of amides is 2. The molecule has 142 valence electrons. The highest BCUT2D eigenvalue weighted by atomic mass is 19.3. The van der Waals surface area contributed by atoms with E-state index in [1.54, 1.807) is 9.80 Å². The highest BCUT2D eigenvalue weighted by Gasteiger charge is 2.32. The van der Waals surface area contributed by atoms with Crippen LogP contribution in [-0.4, -0.2) is 67.6 Å². The molecule has 1 aromatic carbocycles. The molecule has 2 heterocycles. The van der Waals surface area contributed by atoms with Crippen molar-refractivity contribution in [1.29, 1.82) is 0 Å². The predicted molar refractivity (Wildman–Crippen MR) is 89.1 cm³/mol. The van der Waals surface area contributed by atoms with Gasteiger partial charge in [-0.1, -0.05) is 0 Å². The molecular formula is C18H22F2N2O4. The van der Waals surface area contributed by atoms with E-state index >= 15 is 0 Å². The minimum atomic E-state index is -2.90. The van der Waals surface area contributed by atoms with Crippen molar-refractivity contribution in [3.8, 4) is 5.75 Å². The zero-order valence-corrected chi connectivity index (χ0v) is 14.4. The molecule has 0 saturated carbocycles. The molecule has 1 aromatic rings. The molecule has 0 radical (unpaired) electrons. The Kier molecular flexibility index (Phi) is 6.03. The van der Waals surface area contributed by atoms with Crippen molar-refractivity contribution in [2.45, 2.75) is 19.5 Å². The fourth-order valence-corrected chi connectivity index (χ4v) is 3.37. The maximum Gasteiger partial charge on any atom is 0.387 e. The molecular weight excluding hydrogens is 346 g/mol. The van der Waals surface area contributed by atoms with E-state index in [9.17, 15) is 18.4 Å². The van der Waals surface area contributed by atoms with Gasteiger partial charge >= 0.3 is 6.61 Å². The van der Waals surface area contributed by atoms with E-state index in [0.29, 0.717) is 45.0 Å². The Bertz CT molecular complexity index is 633. The number of morpholine rings is 1. The van der Waals surface area contributed by atoms with E-state index in [4.69, 9.17) is 4.74 Å². The van der Waals surface area contributed by atoms with Crippen molar-refractivity contribution in [2.24, 2.45) is 5.92 Å². The second-order valence-electron chi connectivity index (χ2n) is 6.43. The molecule has 0 aliphatic carbocycles. The standard InChI is InChI=1S/C18H22F2N2O4/c19-18(20)26-15-5-3-13(4-6-15)16(23)22-7-1-2-14(12-22)17(24)21-8-10-25-11-9-21/h3-6,14,18H,1-2,7-12H2. The first-order valence-corrected chi connectivity index (χ1v) is 8.75. The van der Waals surface area contributed by atoms with Crippen molar-refractivity contribution in [1.82, 2.24) is 9.80 Å². The number of nitrogens with zero attached hydrogens (tertiary/aromatic N) is 2. The third kappa shape index (κ3) is 4.49. The Balaban J connectivity index is 1.61. The number of halogens is 2. The number of carbonyl (C=O) groups is 2. The summed E-state index contributed by atoms with van der Waals surface area (Å²) >= 11 is 0. The van der Waals surface area contributed by atoms with Crippen LogP contribution in [0.4, 0.5) is 8.78 Å². The van der Waals surface area contributed by atoms with Gasteiger partial charge in [0.15, 0.2) is 0 Å². The maximum atomic E-state index is 12.7. The Hall–Kier alpha value is -2.22. The molecule has 2 aliphatic heterocycles. The van der Waals surface area contributed by atoms with Crippen LogP contribution in [0.1, 0.15) is 23.2 Å². The number of carbonyl (C=O) groups excluding carboxylic acids is 2. The fourth-order valence-electron chi connectivity index (χ4n) is 3.37. The van der Waals surface area contributed by atoms with Gasteiger partial charge in [0.2, 0.25) is 5.91 Å². The van der Waals surface area contributed by atoms with Crippen molar-refractivity contribution >= 4 is 11.8 Å². The van der Waals surface area contributed by atoms with Crippen molar-refractivity contribution in [3.05, 3.63) is 29.8 Å². The number of likely N-dealkylation sites (tertiary alicyclic amines) is 1. The minimum absolute atomic E-state index is 0.00978. The molecule has 2 aliphatic rings. The van der Waals surface area contributed by atoms with Crippen LogP contribution in [0.2, 0.25) is 0 Å². The van der Waals surface area contributed by atoms with Gasteiger partial charge in [-0.05, 0) is 37.1 Å². The molecule has 0 aromatic heterocycles. The second kappa shape index (κ2) is 8.44. The first-order valence-electron chi connectivity index (χ1n) is 8.75. The number of hydrogen-bond acceptors (Lipinski definition) is 4. The maximum absolute atomic E-state index is 12.7. The minimum Gasteiger partial charge on any atom is -0.435 e. The molecule has 2 amide bonds. The van der Waals surface area contributed by atoms with Gasteiger partial charge in [0.05, 0.1) is 19.1 Å². The van der Waals surface area contributed by atoms with E-state index in [1.165, 1.54) is 24.3 Å². The van der Waals surface area contributed by atoms with E-state index in [0.717, 1.165) is 12.8 Å². The number of ether oxygens (including phenoxy) is 2. The zero-order chi connectivity index (χ0) is 18.5. The summed E-state index contributed by atoms with van der Waals surface area (Å²) < 4.78 is 34.0. The molecule has 0 spiro atoms. The number of rotatable bonds is 4. The third-order valence-corrected chi connectivity index (χ3v) is 4.71. The molecule has 1 unspecified atom stereocenters. The van der Waals surface area contributed by atoms with E-state index < -0.39 is 6.61 Å². The molecule has 1 atom stereocenters. The Morgan fingerprint density at radius 3 is 2.42 bits per heavy atom. The van der Waals surface area contributed by atoms with E-state index in [1.807, 2.05) is 0 Å². The lowest BCUT2D eigenvalue weighted by Gasteiger charge is -2.36. The zero-order valence-electron chi connectivity index (χ0n) is 14.4. The summed E-state index contributed by atoms with van der Waals surface area (Å²) in [4.78, 5) is 28.8. The average Bonchev–Trinajstić information content (AvgIpc) is 2.68. The summed E-state index contributed by atoms with van der Waals surface area (Å²) in [6, 6.07) is 5.63. The summed E-state index contributed by atoms with van der Waals surface area (Å²) in [6.07, 6.45) is 1.53. The number of piperidine rings is 1. The van der Waals surface area contributed by atoms with Gasteiger partial charge in [0.1, 0.15) is 5.75 Å². The molecule has 26 heavy (non-hydrogen) atoms. The highest BCUT2D eigenvalue weighted by Crippen LogP contribution is 2.22. The summed E-state index contributed by atoms with van der Waals surface area (Å²) in [5.41, 5.74) is 0.395. The van der Waals surface area contributed by atoms with Crippen LogP contribution in [0.5, 0.6) is 5.75 Å². The Morgan fingerprint density at radius 2 is 1.77 bits per heavy atom. The fraction of sp³-hybridized carbons (Fsp3) is 0.556. The summed E-state index contributed by atoms with van der Waals surface area (Å²) in [5.74, 6) is -0.317. The first kappa shape index (κ1) is 18.6. The molecule has 6 nitrogen and oxygen atoms in total. The lowest BCUT2D eigenvalue weighted by molar-refractivity contribution is -0.141. The van der Waals surface area contributed by atoms with Crippen LogP contribution in [-0.2, 0) is 9.53 Å². The number of hydrogen-bond donors (Lipinski definition) is 0. The van der Waals surface area contributed by atoms with Crippen LogP contribution < -0.4 is 4.74 Å². The van der Waals surface area contributed by atoms with Crippen LogP contribution in [0, 0.1) is 5.92 Å². The lowest BCUT2D eigenvalue weighted by atomic mass is 9.95. The van der Waals surface area contributed by atoms with Gasteiger partial charge in [-0.3, -0.25) is 9.59 Å².